The highest BCUT2D eigenvalue weighted by atomic mass is 15.2. The molecule has 1 heterocycles. The lowest BCUT2D eigenvalue weighted by Crippen LogP contribution is -2.50. The Morgan fingerprint density at radius 2 is 1.56 bits per heavy atom. The second-order valence-corrected chi connectivity index (χ2v) is 6.05. The van der Waals surface area contributed by atoms with Gasteiger partial charge < -0.3 is 10.2 Å². The molecule has 0 amide bonds. The van der Waals surface area contributed by atoms with Crippen molar-refractivity contribution in [2.45, 2.75) is 46.1 Å². The zero-order chi connectivity index (χ0) is 13.3. The van der Waals surface area contributed by atoms with Gasteiger partial charge in [0.1, 0.15) is 0 Å². The van der Waals surface area contributed by atoms with Gasteiger partial charge in [-0.2, -0.15) is 0 Å². The molecule has 2 nitrogen and oxygen atoms in total. The molecule has 0 atom stereocenters. The van der Waals surface area contributed by atoms with Crippen molar-refractivity contribution in [1.29, 1.82) is 0 Å². The summed E-state index contributed by atoms with van der Waals surface area (Å²) in [7, 11) is 2.08. The molecule has 1 aromatic rings. The Bertz CT molecular complexity index is 406. The summed E-state index contributed by atoms with van der Waals surface area (Å²) >= 11 is 0. The Kier molecular flexibility index (Phi) is 3.67. The van der Waals surface area contributed by atoms with Gasteiger partial charge in [-0.3, -0.25) is 0 Å². The van der Waals surface area contributed by atoms with E-state index in [4.69, 9.17) is 0 Å². The number of piperidine rings is 1. The predicted octanol–water partition coefficient (Wildman–Crippen LogP) is 3.19. The molecule has 1 saturated heterocycles. The van der Waals surface area contributed by atoms with Crippen molar-refractivity contribution in [3.8, 4) is 0 Å². The van der Waals surface area contributed by atoms with Crippen LogP contribution in [0, 0.1) is 20.8 Å². The molecule has 1 aliphatic rings. The smallest absolute Gasteiger partial charge is 0.0425 e. The standard InChI is InChI=1S/C16H26N2/c1-12-10-13(2)15(14(3)11-12)18-8-6-16(4,17-5)7-9-18/h10-11,17H,6-9H2,1-5H3. The van der Waals surface area contributed by atoms with E-state index < -0.39 is 0 Å². The summed E-state index contributed by atoms with van der Waals surface area (Å²) in [5, 5.41) is 3.46. The molecule has 0 bridgehead atoms. The van der Waals surface area contributed by atoms with Crippen molar-refractivity contribution in [3.05, 3.63) is 28.8 Å². The third-order valence-electron chi connectivity index (χ3n) is 4.42. The Hall–Kier alpha value is -1.02. The van der Waals surface area contributed by atoms with Crippen LogP contribution in [-0.2, 0) is 0 Å². The zero-order valence-corrected chi connectivity index (χ0v) is 12.4. The fourth-order valence-electron chi connectivity index (χ4n) is 3.15. The summed E-state index contributed by atoms with van der Waals surface area (Å²) in [4.78, 5) is 2.56. The number of anilines is 1. The van der Waals surface area contributed by atoms with Crippen molar-refractivity contribution in [1.82, 2.24) is 5.32 Å². The third-order valence-corrected chi connectivity index (χ3v) is 4.42. The minimum Gasteiger partial charge on any atom is -0.371 e. The second kappa shape index (κ2) is 4.93. The first-order valence-electron chi connectivity index (χ1n) is 6.97. The number of nitrogens with one attached hydrogen (secondary N) is 1. The van der Waals surface area contributed by atoms with Crippen LogP contribution in [0.1, 0.15) is 36.5 Å². The van der Waals surface area contributed by atoms with E-state index in [-0.39, 0.29) is 0 Å². The predicted molar refractivity (Wildman–Crippen MR) is 79.6 cm³/mol. The van der Waals surface area contributed by atoms with Crippen molar-refractivity contribution >= 4 is 5.69 Å². The molecule has 100 valence electrons. The van der Waals surface area contributed by atoms with Gasteiger partial charge in [-0.1, -0.05) is 17.7 Å². The van der Waals surface area contributed by atoms with E-state index in [1.807, 2.05) is 0 Å². The highest BCUT2D eigenvalue weighted by Gasteiger charge is 2.29. The first kappa shape index (κ1) is 13.4. The number of hydrogen-bond donors (Lipinski definition) is 1. The molecule has 0 aliphatic carbocycles. The lowest BCUT2D eigenvalue weighted by Gasteiger charge is -2.41. The van der Waals surface area contributed by atoms with Gasteiger partial charge in [0.15, 0.2) is 0 Å². The average molecular weight is 246 g/mol. The van der Waals surface area contributed by atoms with Crippen LogP contribution < -0.4 is 10.2 Å². The van der Waals surface area contributed by atoms with Gasteiger partial charge in [0.2, 0.25) is 0 Å². The number of rotatable bonds is 2. The number of nitrogens with zero attached hydrogens (tertiary/aromatic N) is 1. The van der Waals surface area contributed by atoms with Crippen molar-refractivity contribution < 1.29 is 0 Å². The molecule has 1 aliphatic heterocycles. The van der Waals surface area contributed by atoms with E-state index in [2.05, 4.69) is 57.1 Å². The van der Waals surface area contributed by atoms with Crippen LogP contribution in [0.5, 0.6) is 0 Å². The number of benzene rings is 1. The van der Waals surface area contributed by atoms with Crippen LogP contribution in [0.25, 0.3) is 0 Å². The van der Waals surface area contributed by atoms with Gasteiger partial charge in [0.25, 0.3) is 0 Å². The summed E-state index contributed by atoms with van der Waals surface area (Å²) in [6.45, 7) is 11.3. The Morgan fingerprint density at radius 1 is 1.06 bits per heavy atom. The van der Waals surface area contributed by atoms with Gasteiger partial charge in [-0.25, -0.2) is 0 Å². The first-order valence-corrected chi connectivity index (χ1v) is 6.97. The van der Waals surface area contributed by atoms with Crippen LogP contribution in [0.15, 0.2) is 12.1 Å². The monoisotopic (exact) mass is 246 g/mol. The zero-order valence-electron chi connectivity index (χ0n) is 12.4. The van der Waals surface area contributed by atoms with Gasteiger partial charge >= 0.3 is 0 Å². The summed E-state index contributed by atoms with van der Waals surface area (Å²) < 4.78 is 0. The fourth-order valence-corrected chi connectivity index (χ4v) is 3.15. The van der Waals surface area contributed by atoms with Gasteiger partial charge in [-0.05, 0) is 58.7 Å². The van der Waals surface area contributed by atoms with Crippen molar-refractivity contribution in [2.24, 2.45) is 0 Å². The SMILES string of the molecule is CNC1(C)CCN(c2c(C)cc(C)cc2C)CC1. The van der Waals surface area contributed by atoms with Gasteiger partial charge in [0.05, 0.1) is 0 Å². The summed E-state index contributed by atoms with van der Waals surface area (Å²) in [5.41, 5.74) is 5.98. The van der Waals surface area contributed by atoms with Gasteiger partial charge in [-0.15, -0.1) is 0 Å². The average Bonchev–Trinajstić information content (AvgIpc) is 2.30. The Morgan fingerprint density at radius 3 is 2.00 bits per heavy atom. The number of aryl methyl sites for hydroxylation is 3. The van der Waals surface area contributed by atoms with E-state index in [0.717, 1.165) is 13.1 Å². The van der Waals surface area contributed by atoms with Crippen LogP contribution in [-0.4, -0.2) is 25.7 Å². The molecule has 0 radical (unpaired) electrons. The van der Waals surface area contributed by atoms with Crippen LogP contribution in [0.4, 0.5) is 5.69 Å². The van der Waals surface area contributed by atoms with Crippen LogP contribution >= 0.6 is 0 Å². The summed E-state index contributed by atoms with van der Waals surface area (Å²) in [6, 6.07) is 4.60. The molecule has 1 aromatic carbocycles. The lowest BCUT2D eigenvalue weighted by atomic mass is 9.89. The molecule has 18 heavy (non-hydrogen) atoms. The first-order chi connectivity index (χ1) is 8.45. The molecule has 1 N–H and O–H groups in total. The highest BCUT2D eigenvalue weighted by molar-refractivity contribution is 5.60. The Labute approximate surface area is 111 Å². The topological polar surface area (TPSA) is 15.3 Å². The summed E-state index contributed by atoms with van der Waals surface area (Å²) in [5.74, 6) is 0. The molecule has 2 heteroatoms. The molecule has 2 rings (SSSR count). The molecule has 0 spiro atoms. The van der Waals surface area contributed by atoms with E-state index >= 15 is 0 Å². The summed E-state index contributed by atoms with van der Waals surface area (Å²) in [6.07, 6.45) is 2.44. The van der Waals surface area contributed by atoms with E-state index in [1.54, 1.807) is 0 Å². The van der Waals surface area contributed by atoms with E-state index in [0.29, 0.717) is 5.54 Å². The minimum atomic E-state index is 0.322. The van der Waals surface area contributed by atoms with Crippen molar-refractivity contribution in [3.63, 3.8) is 0 Å². The normalized spacial score (nSPS) is 19.1. The quantitative estimate of drug-likeness (QED) is 0.862. The van der Waals surface area contributed by atoms with Crippen molar-refractivity contribution in [2.75, 3.05) is 25.0 Å². The second-order valence-electron chi connectivity index (χ2n) is 6.05. The molecule has 0 aromatic heterocycles. The highest BCUT2D eigenvalue weighted by Crippen LogP contribution is 2.31. The Balaban J connectivity index is 2.20. The molecular weight excluding hydrogens is 220 g/mol. The maximum Gasteiger partial charge on any atom is 0.0425 e. The van der Waals surface area contributed by atoms with E-state index in [9.17, 15) is 0 Å². The third kappa shape index (κ3) is 2.54. The van der Waals surface area contributed by atoms with Crippen LogP contribution in [0.3, 0.4) is 0 Å². The molecular formula is C16H26N2. The van der Waals surface area contributed by atoms with Gasteiger partial charge in [0, 0.05) is 24.3 Å². The maximum absolute atomic E-state index is 3.46. The number of hydrogen-bond acceptors (Lipinski definition) is 2. The molecule has 0 unspecified atom stereocenters. The fraction of sp³-hybridized carbons (Fsp3) is 0.625. The minimum absolute atomic E-state index is 0.322. The molecule has 0 saturated carbocycles. The maximum atomic E-state index is 3.46. The molecule has 1 fully saturated rings. The van der Waals surface area contributed by atoms with E-state index in [1.165, 1.54) is 35.2 Å². The lowest BCUT2D eigenvalue weighted by molar-refractivity contribution is 0.305. The largest absolute Gasteiger partial charge is 0.371 e. The van der Waals surface area contributed by atoms with Crippen LogP contribution in [0.2, 0.25) is 0 Å².